The van der Waals surface area contributed by atoms with Crippen LogP contribution in [0, 0.1) is 5.82 Å². The van der Waals surface area contributed by atoms with Crippen molar-refractivity contribution >= 4 is 5.91 Å². The molecule has 1 saturated heterocycles. The monoisotopic (exact) mass is 359 g/mol. The fraction of sp³-hybridized carbons (Fsp3) is 0.526. The van der Waals surface area contributed by atoms with Crippen molar-refractivity contribution in [2.24, 2.45) is 0 Å². The fourth-order valence-corrected chi connectivity index (χ4v) is 3.26. The molecule has 6 nitrogen and oxygen atoms in total. The summed E-state index contributed by atoms with van der Waals surface area (Å²) in [6, 6.07) is 6.18. The van der Waals surface area contributed by atoms with Gasteiger partial charge in [-0.05, 0) is 43.4 Å². The van der Waals surface area contributed by atoms with Crippen LogP contribution in [0.3, 0.4) is 0 Å². The van der Waals surface area contributed by atoms with Gasteiger partial charge in [0.1, 0.15) is 12.4 Å². The Kier molecular flexibility index (Phi) is 4.97. The van der Waals surface area contributed by atoms with Gasteiger partial charge in [0.05, 0.1) is 12.5 Å². The quantitative estimate of drug-likeness (QED) is 0.793. The van der Waals surface area contributed by atoms with Gasteiger partial charge in [-0.2, -0.15) is 4.98 Å². The number of halogens is 1. The average Bonchev–Trinajstić information content (AvgIpc) is 3.39. The largest absolute Gasteiger partial charge is 0.367 e. The lowest BCUT2D eigenvalue weighted by molar-refractivity contribution is -0.135. The molecule has 2 fully saturated rings. The van der Waals surface area contributed by atoms with Gasteiger partial charge < -0.3 is 14.2 Å². The van der Waals surface area contributed by atoms with Gasteiger partial charge >= 0.3 is 0 Å². The van der Waals surface area contributed by atoms with Gasteiger partial charge in [-0.25, -0.2) is 4.39 Å². The molecule has 1 aromatic carbocycles. The lowest BCUT2D eigenvalue weighted by Gasteiger charge is -2.32. The molecule has 1 aliphatic heterocycles. The first-order valence-corrected chi connectivity index (χ1v) is 9.13. The molecule has 0 N–H and O–H groups in total. The summed E-state index contributed by atoms with van der Waals surface area (Å²) in [4.78, 5) is 18.6. The van der Waals surface area contributed by atoms with Crippen LogP contribution in [0.15, 0.2) is 28.8 Å². The Labute approximate surface area is 151 Å². The molecule has 1 atom stereocenters. The van der Waals surface area contributed by atoms with Crippen LogP contribution < -0.4 is 0 Å². The van der Waals surface area contributed by atoms with Gasteiger partial charge in [0.2, 0.25) is 5.91 Å². The van der Waals surface area contributed by atoms with Crippen molar-refractivity contribution in [1.29, 1.82) is 0 Å². The summed E-state index contributed by atoms with van der Waals surface area (Å²) in [7, 11) is 0. The Morgan fingerprint density at radius 3 is 3.04 bits per heavy atom. The number of carbonyl (C=O) groups excluding carboxylic acids is 1. The summed E-state index contributed by atoms with van der Waals surface area (Å²) in [6.07, 6.45) is 4.20. The van der Waals surface area contributed by atoms with Crippen molar-refractivity contribution in [1.82, 2.24) is 15.0 Å². The predicted octanol–water partition coefficient (Wildman–Crippen LogP) is 2.84. The molecule has 2 aromatic rings. The van der Waals surface area contributed by atoms with Crippen molar-refractivity contribution in [2.75, 3.05) is 13.1 Å². The Morgan fingerprint density at radius 1 is 1.35 bits per heavy atom. The third-order valence-corrected chi connectivity index (χ3v) is 4.84. The standard InChI is InChI=1S/C19H22FN3O3/c20-15-4-1-3-13(9-15)10-18(24)23-8-2-5-16(11-23)25-12-17-21-19(22-26-17)14-6-7-14/h1,3-4,9,14,16H,2,5-8,10-12H2/t16-/m1/s1. The van der Waals surface area contributed by atoms with Crippen LogP contribution in [0.25, 0.3) is 0 Å². The van der Waals surface area contributed by atoms with Gasteiger partial charge in [0.25, 0.3) is 5.89 Å². The highest BCUT2D eigenvalue weighted by Crippen LogP contribution is 2.38. The highest BCUT2D eigenvalue weighted by atomic mass is 19.1. The first-order chi connectivity index (χ1) is 12.7. The molecular formula is C19H22FN3O3. The molecule has 0 spiro atoms. The second-order valence-corrected chi connectivity index (χ2v) is 7.04. The number of piperidine rings is 1. The molecule has 26 heavy (non-hydrogen) atoms. The van der Waals surface area contributed by atoms with Crippen molar-refractivity contribution in [3.8, 4) is 0 Å². The molecule has 2 heterocycles. The van der Waals surface area contributed by atoms with E-state index in [2.05, 4.69) is 10.1 Å². The number of ether oxygens (including phenoxy) is 1. The highest BCUT2D eigenvalue weighted by Gasteiger charge is 2.29. The van der Waals surface area contributed by atoms with E-state index < -0.39 is 0 Å². The minimum absolute atomic E-state index is 0.00212. The topological polar surface area (TPSA) is 68.5 Å². The Bertz CT molecular complexity index is 775. The van der Waals surface area contributed by atoms with Crippen LogP contribution in [-0.2, 0) is 22.6 Å². The number of benzene rings is 1. The van der Waals surface area contributed by atoms with E-state index in [1.807, 2.05) is 0 Å². The van der Waals surface area contributed by atoms with Crippen molar-refractivity contribution in [3.05, 3.63) is 47.4 Å². The van der Waals surface area contributed by atoms with E-state index in [-0.39, 0.29) is 30.9 Å². The number of carbonyl (C=O) groups is 1. The summed E-state index contributed by atoms with van der Waals surface area (Å²) in [5.41, 5.74) is 0.691. The third-order valence-electron chi connectivity index (χ3n) is 4.84. The minimum Gasteiger partial charge on any atom is -0.367 e. The smallest absolute Gasteiger partial charge is 0.252 e. The summed E-state index contributed by atoms with van der Waals surface area (Å²) >= 11 is 0. The maximum Gasteiger partial charge on any atom is 0.252 e. The van der Waals surface area contributed by atoms with E-state index in [9.17, 15) is 9.18 Å². The van der Waals surface area contributed by atoms with E-state index in [1.54, 1.807) is 17.0 Å². The molecular weight excluding hydrogens is 337 g/mol. The van der Waals surface area contributed by atoms with Crippen molar-refractivity contribution in [2.45, 2.75) is 50.7 Å². The fourth-order valence-electron chi connectivity index (χ4n) is 3.26. The van der Waals surface area contributed by atoms with Crippen LogP contribution >= 0.6 is 0 Å². The van der Waals surface area contributed by atoms with E-state index in [4.69, 9.17) is 9.26 Å². The minimum atomic E-state index is -0.319. The van der Waals surface area contributed by atoms with E-state index >= 15 is 0 Å². The number of rotatable bonds is 6. The molecule has 2 aliphatic rings. The summed E-state index contributed by atoms with van der Waals surface area (Å²) < 4.78 is 24.4. The zero-order valence-electron chi connectivity index (χ0n) is 14.6. The average molecular weight is 359 g/mol. The zero-order chi connectivity index (χ0) is 17.9. The SMILES string of the molecule is O=C(Cc1cccc(F)c1)N1CCC[C@@H](OCc2nc(C3CC3)no2)C1. The normalized spacial score (nSPS) is 20.3. The number of aromatic nitrogens is 2. The van der Waals surface area contributed by atoms with Crippen LogP contribution in [0.2, 0.25) is 0 Å². The van der Waals surface area contributed by atoms with E-state index in [0.29, 0.717) is 30.5 Å². The van der Waals surface area contributed by atoms with E-state index in [1.165, 1.54) is 12.1 Å². The molecule has 1 aromatic heterocycles. The predicted molar refractivity (Wildman–Crippen MR) is 90.8 cm³/mol. The molecule has 1 amide bonds. The second-order valence-electron chi connectivity index (χ2n) is 7.04. The van der Waals surface area contributed by atoms with Gasteiger partial charge in [0, 0.05) is 19.0 Å². The van der Waals surface area contributed by atoms with Crippen LogP contribution in [0.4, 0.5) is 4.39 Å². The van der Waals surface area contributed by atoms with Crippen LogP contribution in [-0.4, -0.2) is 40.1 Å². The van der Waals surface area contributed by atoms with Gasteiger partial charge in [0.15, 0.2) is 5.82 Å². The first-order valence-electron chi connectivity index (χ1n) is 9.13. The molecule has 1 aliphatic carbocycles. The van der Waals surface area contributed by atoms with Gasteiger partial charge in [-0.15, -0.1) is 0 Å². The van der Waals surface area contributed by atoms with Crippen molar-refractivity contribution in [3.63, 3.8) is 0 Å². The highest BCUT2D eigenvalue weighted by molar-refractivity contribution is 5.78. The molecule has 7 heteroatoms. The number of hydrogen-bond acceptors (Lipinski definition) is 5. The van der Waals surface area contributed by atoms with E-state index in [0.717, 1.165) is 31.5 Å². The number of hydrogen-bond donors (Lipinski definition) is 0. The maximum atomic E-state index is 13.3. The molecule has 0 unspecified atom stereocenters. The number of amides is 1. The lowest BCUT2D eigenvalue weighted by Crippen LogP contribution is -2.43. The molecule has 4 rings (SSSR count). The third kappa shape index (κ3) is 4.27. The van der Waals surface area contributed by atoms with Gasteiger partial charge in [-0.3, -0.25) is 4.79 Å². The number of nitrogens with zero attached hydrogens (tertiary/aromatic N) is 3. The van der Waals surface area contributed by atoms with Crippen LogP contribution in [0.5, 0.6) is 0 Å². The number of likely N-dealkylation sites (tertiary alicyclic amines) is 1. The maximum absolute atomic E-state index is 13.3. The van der Waals surface area contributed by atoms with Crippen LogP contribution in [0.1, 0.15) is 48.9 Å². The molecule has 0 radical (unpaired) electrons. The summed E-state index contributed by atoms with van der Waals surface area (Å²) in [6.45, 7) is 1.52. The molecule has 0 bridgehead atoms. The molecule has 138 valence electrons. The summed E-state index contributed by atoms with van der Waals surface area (Å²) in [5, 5.41) is 3.98. The summed E-state index contributed by atoms with van der Waals surface area (Å²) in [5.74, 6) is 1.41. The van der Waals surface area contributed by atoms with Gasteiger partial charge in [-0.1, -0.05) is 17.3 Å². The van der Waals surface area contributed by atoms with Crippen molar-refractivity contribution < 1.29 is 18.4 Å². The lowest BCUT2D eigenvalue weighted by atomic mass is 10.1. The molecule has 1 saturated carbocycles. The zero-order valence-corrected chi connectivity index (χ0v) is 14.6. The Hall–Kier alpha value is -2.28. The first kappa shape index (κ1) is 17.1. The Balaban J connectivity index is 1.28. The Morgan fingerprint density at radius 2 is 2.23 bits per heavy atom. The second kappa shape index (κ2) is 7.53.